The average Bonchev–Trinajstić information content (AvgIpc) is 2.78. The summed E-state index contributed by atoms with van der Waals surface area (Å²) in [5.41, 5.74) is 3.53. The molecule has 2 heterocycles. The molecule has 2 aromatic heterocycles. The van der Waals surface area contributed by atoms with Gasteiger partial charge >= 0.3 is 0 Å². The molecule has 96 valence electrons. The fourth-order valence-electron chi connectivity index (χ4n) is 1.86. The van der Waals surface area contributed by atoms with Gasteiger partial charge in [0.2, 0.25) is 0 Å². The Balaban J connectivity index is 2.07. The Bertz CT molecular complexity index is 511. The lowest BCUT2D eigenvalue weighted by molar-refractivity contribution is 0.495. The van der Waals surface area contributed by atoms with E-state index in [4.69, 9.17) is 17.4 Å². The van der Waals surface area contributed by atoms with E-state index in [9.17, 15) is 0 Å². The van der Waals surface area contributed by atoms with Crippen molar-refractivity contribution in [3.63, 3.8) is 0 Å². The van der Waals surface area contributed by atoms with Crippen LogP contribution < -0.4 is 11.3 Å². The van der Waals surface area contributed by atoms with Gasteiger partial charge in [-0.25, -0.2) is 4.98 Å². The molecule has 6 heteroatoms. The minimum atomic E-state index is -0.0737. The summed E-state index contributed by atoms with van der Waals surface area (Å²) in [4.78, 5) is 8.55. The van der Waals surface area contributed by atoms with E-state index in [-0.39, 0.29) is 6.04 Å². The van der Waals surface area contributed by atoms with Crippen molar-refractivity contribution in [2.24, 2.45) is 12.9 Å². The minimum Gasteiger partial charge on any atom is -0.338 e. The van der Waals surface area contributed by atoms with Crippen molar-refractivity contribution in [3.05, 3.63) is 47.3 Å². The van der Waals surface area contributed by atoms with Crippen LogP contribution in [0.5, 0.6) is 0 Å². The molecule has 0 radical (unpaired) electrons. The number of halogens is 1. The Labute approximate surface area is 111 Å². The highest BCUT2D eigenvalue weighted by Gasteiger charge is 2.15. The Morgan fingerprint density at radius 2 is 2.28 bits per heavy atom. The molecule has 1 unspecified atom stereocenters. The summed E-state index contributed by atoms with van der Waals surface area (Å²) in [6.07, 6.45) is 7.03. The normalized spacial score (nSPS) is 12.6. The largest absolute Gasteiger partial charge is 0.338 e. The summed E-state index contributed by atoms with van der Waals surface area (Å²) in [7, 11) is 1.97. The molecule has 0 aromatic carbocycles. The van der Waals surface area contributed by atoms with Crippen molar-refractivity contribution < 1.29 is 0 Å². The molecule has 18 heavy (non-hydrogen) atoms. The first kappa shape index (κ1) is 13.0. The fourth-order valence-corrected chi connectivity index (χ4v) is 2.12. The average molecular weight is 266 g/mol. The van der Waals surface area contributed by atoms with E-state index in [0.717, 1.165) is 24.4 Å². The van der Waals surface area contributed by atoms with Gasteiger partial charge in [0.15, 0.2) is 0 Å². The van der Waals surface area contributed by atoms with Crippen LogP contribution in [0.1, 0.15) is 24.0 Å². The molecule has 0 aliphatic heterocycles. The lowest BCUT2D eigenvalue weighted by Crippen LogP contribution is -2.29. The summed E-state index contributed by atoms with van der Waals surface area (Å²) in [6.45, 7) is 0. The number of nitrogens with zero attached hydrogens (tertiary/aromatic N) is 3. The van der Waals surface area contributed by atoms with Crippen LogP contribution in [0.2, 0.25) is 5.02 Å². The molecule has 5 nitrogen and oxygen atoms in total. The van der Waals surface area contributed by atoms with Gasteiger partial charge in [-0.05, 0) is 18.6 Å². The molecule has 0 aliphatic carbocycles. The first-order valence-corrected chi connectivity index (χ1v) is 6.13. The van der Waals surface area contributed by atoms with Gasteiger partial charge in [-0.3, -0.25) is 16.3 Å². The number of hydrazine groups is 1. The number of aromatic nitrogens is 3. The van der Waals surface area contributed by atoms with Crippen LogP contribution in [0.3, 0.4) is 0 Å². The van der Waals surface area contributed by atoms with Gasteiger partial charge in [-0.15, -0.1) is 0 Å². The quantitative estimate of drug-likeness (QED) is 0.637. The SMILES string of the molecule is Cn1ccnc1CCC(NN)c1ncccc1Cl. The maximum absolute atomic E-state index is 6.11. The number of imidazole rings is 1. The van der Waals surface area contributed by atoms with Crippen LogP contribution in [0.4, 0.5) is 0 Å². The summed E-state index contributed by atoms with van der Waals surface area (Å²) in [6, 6.07) is 3.54. The lowest BCUT2D eigenvalue weighted by atomic mass is 10.1. The predicted molar refractivity (Wildman–Crippen MR) is 70.8 cm³/mol. The number of aryl methyl sites for hydroxylation is 2. The third kappa shape index (κ3) is 2.87. The van der Waals surface area contributed by atoms with E-state index in [2.05, 4.69) is 15.4 Å². The minimum absolute atomic E-state index is 0.0737. The van der Waals surface area contributed by atoms with Gasteiger partial charge in [0.05, 0.1) is 16.8 Å². The predicted octanol–water partition coefficient (Wildman–Crippen LogP) is 1.61. The van der Waals surface area contributed by atoms with E-state index in [0.29, 0.717) is 5.02 Å². The van der Waals surface area contributed by atoms with Gasteiger partial charge in [0, 0.05) is 32.1 Å². The molecular weight excluding hydrogens is 250 g/mol. The van der Waals surface area contributed by atoms with Crippen LogP contribution >= 0.6 is 11.6 Å². The molecule has 2 aromatic rings. The van der Waals surface area contributed by atoms with Crippen molar-refractivity contribution in [3.8, 4) is 0 Å². The third-order valence-electron chi connectivity index (χ3n) is 2.90. The van der Waals surface area contributed by atoms with Crippen LogP contribution in [0, 0.1) is 0 Å². The summed E-state index contributed by atoms with van der Waals surface area (Å²) in [5, 5.41) is 0.625. The van der Waals surface area contributed by atoms with Crippen molar-refractivity contribution in [2.75, 3.05) is 0 Å². The first-order valence-electron chi connectivity index (χ1n) is 5.75. The Morgan fingerprint density at radius 3 is 2.89 bits per heavy atom. The molecule has 0 bridgehead atoms. The molecule has 1 atom stereocenters. The molecule has 0 aliphatic rings. The number of nitrogens with one attached hydrogen (secondary N) is 1. The maximum Gasteiger partial charge on any atom is 0.108 e. The number of nitrogens with two attached hydrogens (primary N) is 1. The Morgan fingerprint density at radius 1 is 1.44 bits per heavy atom. The second-order valence-electron chi connectivity index (χ2n) is 4.08. The molecule has 0 spiro atoms. The topological polar surface area (TPSA) is 68.8 Å². The monoisotopic (exact) mass is 265 g/mol. The van der Waals surface area contributed by atoms with Gasteiger partial charge in [0.25, 0.3) is 0 Å². The van der Waals surface area contributed by atoms with E-state index < -0.39 is 0 Å². The third-order valence-corrected chi connectivity index (χ3v) is 3.22. The highest BCUT2D eigenvalue weighted by Crippen LogP contribution is 2.23. The van der Waals surface area contributed by atoms with E-state index >= 15 is 0 Å². The lowest BCUT2D eigenvalue weighted by Gasteiger charge is -2.16. The zero-order valence-corrected chi connectivity index (χ0v) is 10.9. The number of rotatable bonds is 5. The molecular formula is C12H16ClN5. The van der Waals surface area contributed by atoms with Gasteiger partial charge in [-0.2, -0.15) is 0 Å². The van der Waals surface area contributed by atoms with Gasteiger partial charge < -0.3 is 4.57 Å². The Kier molecular flexibility index (Phi) is 4.30. The van der Waals surface area contributed by atoms with Gasteiger partial charge in [0.1, 0.15) is 5.82 Å². The molecule has 0 amide bonds. The smallest absolute Gasteiger partial charge is 0.108 e. The second kappa shape index (κ2) is 5.95. The highest BCUT2D eigenvalue weighted by atomic mass is 35.5. The van der Waals surface area contributed by atoms with Crippen molar-refractivity contribution in [1.29, 1.82) is 0 Å². The maximum atomic E-state index is 6.11. The van der Waals surface area contributed by atoms with E-state index in [1.165, 1.54) is 0 Å². The van der Waals surface area contributed by atoms with Crippen molar-refractivity contribution in [1.82, 2.24) is 20.0 Å². The van der Waals surface area contributed by atoms with E-state index in [1.807, 2.05) is 23.9 Å². The number of hydrogen-bond donors (Lipinski definition) is 2. The number of pyridine rings is 1. The molecule has 0 saturated carbocycles. The van der Waals surface area contributed by atoms with Crippen molar-refractivity contribution >= 4 is 11.6 Å². The molecule has 0 fully saturated rings. The first-order chi connectivity index (χ1) is 8.72. The van der Waals surface area contributed by atoms with Crippen LogP contribution in [-0.2, 0) is 13.5 Å². The van der Waals surface area contributed by atoms with E-state index in [1.54, 1.807) is 18.5 Å². The number of hydrogen-bond acceptors (Lipinski definition) is 4. The zero-order valence-electron chi connectivity index (χ0n) is 10.2. The van der Waals surface area contributed by atoms with Gasteiger partial charge in [-0.1, -0.05) is 11.6 Å². The van der Waals surface area contributed by atoms with Crippen LogP contribution in [-0.4, -0.2) is 14.5 Å². The molecule has 2 rings (SSSR count). The molecule has 3 N–H and O–H groups in total. The summed E-state index contributed by atoms with van der Waals surface area (Å²) in [5.74, 6) is 6.59. The fraction of sp³-hybridized carbons (Fsp3) is 0.333. The second-order valence-corrected chi connectivity index (χ2v) is 4.49. The van der Waals surface area contributed by atoms with Crippen LogP contribution in [0.15, 0.2) is 30.7 Å². The standard InChI is InChI=1S/C12H16ClN5/c1-18-8-7-15-11(18)5-4-10(17-14)12-9(13)3-2-6-16-12/h2-3,6-8,10,17H,4-5,14H2,1H3. The Hall–Kier alpha value is -1.43. The zero-order chi connectivity index (χ0) is 13.0. The highest BCUT2D eigenvalue weighted by molar-refractivity contribution is 6.31. The molecule has 0 saturated heterocycles. The summed E-state index contributed by atoms with van der Waals surface area (Å²) >= 11 is 6.11. The summed E-state index contributed by atoms with van der Waals surface area (Å²) < 4.78 is 1.99. The van der Waals surface area contributed by atoms with Crippen LogP contribution in [0.25, 0.3) is 0 Å². The van der Waals surface area contributed by atoms with Crippen molar-refractivity contribution in [2.45, 2.75) is 18.9 Å².